The van der Waals surface area contributed by atoms with Gasteiger partial charge in [0, 0.05) is 0 Å². The second-order valence-corrected chi connectivity index (χ2v) is 3.22. The molecule has 2 aromatic carbocycles. The minimum absolute atomic E-state index is 0.210. The van der Waals surface area contributed by atoms with Crippen LogP contribution in [0.1, 0.15) is 5.56 Å². The van der Waals surface area contributed by atoms with Crippen molar-refractivity contribution >= 4 is 23.1 Å². The summed E-state index contributed by atoms with van der Waals surface area (Å²) in [5, 5.41) is 1.97. The van der Waals surface area contributed by atoms with E-state index in [4.69, 9.17) is 0 Å². The van der Waals surface area contributed by atoms with Gasteiger partial charge in [-0.3, -0.25) is 4.79 Å². The van der Waals surface area contributed by atoms with Gasteiger partial charge in [-0.05, 0) is 22.4 Å². The highest BCUT2D eigenvalue weighted by Crippen LogP contribution is 2.20. The van der Waals surface area contributed by atoms with Gasteiger partial charge in [0.25, 0.3) is 0 Å². The molecule has 74 valence electrons. The van der Waals surface area contributed by atoms with E-state index in [0.29, 0.717) is 0 Å². The molecule has 0 unspecified atom stereocenters. The molecule has 0 atom stereocenters. The molecule has 0 saturated carbocycles. The largest absolute Gasteiger partial charge is 0.295 e. The fourth-order valence-electron chi connectivity index (χ4n) is 1.56. The number of hydrogen-bond donors (Lipinski definition) is 0. The van der Waals surface area contributed by atoms with Gasteiger partial charge in [-0.15, -0.1) is 0 Å². The number of allylic oxidation sites excluding steroid dienone is 1. The first-order chi connectivity index (χ1) is 7.31. The van der Waals surface area contributed by atoms with E-state index in [-0.39, 0.29) is 6.29 Å². The smallest absolute Gasteiger partial charge is 0.178 e. The van der Waals surface area contributed by atoms with E-state index in [1.54, 1.807) is 6.07 Å². The lowest BCUT2D eigenvalue weighted by atomic mass is 10.0. The van der Waals surface area contributed by atoms with E-state index < -0.39 is 5.83 Å². The SMILES string of the molecule is O=CC(F)=Cc1cccc2ccccc12. The molecule has 0 aliphatic carbocycles. The highest BCUT2D eigenvalue weighted by molar-refractivity contribution is 5.93. The molecule has 1 nitrogen and oxygen atoms in total. The normalized spacial score (nSPS) is 11.7. The van der Waals surface area contributed by atoms with Crippen molar-refractivity contribution in [1.82, 2.24) is 0 Å². The first-order valence-electron chi connectivity index (χ1n) is 4.61. The Bertz CT molecular complexity index is 524. The van der Waals surface area contributed by atoms with E-state index in [2.05, 4.69) is 0 Å². The molecular weight excluding hydrogens is 191 g/mol. The molecule has 0 bridgehead atoms. The van der Waals surface area contributed by atoms with Gasteiger partial charge in [0.15, 0.2) is 12.1 Å². The molecule has 0 aromatic heterocycles. The van der Waals surface area contributed by atoms with Gasteiger partial charge in [-0.2, -0.15) is 0 Å². The van der Waals surface area contributed by atoms with Gasteiger partial charge >= 0.3 is 0 Å². The summed E-state index contributed by atoms with van der Waals surface area (Å²) in [4.78, 5) is 10.2. The summed E-state index contributed by atoms with van der Waals surface area (Å²) in [5.41, 5.74) is 0.720. The van der Waals surface area contributed by atoms with Crippen molar-refractivity contribution < 1.29 is 9.18 Å². The molecule has 15 heavy (non-hydrogen) atoms. The summed E-state index contributed by atoms with van der Waals surface area (Å²) < 4.78 is 12.8. The van der Waals surface area contributed by atoms with Crippen LogP contribution in [0.3, 0.4) is 0 Å². The third-order valence-corrected chi connectivity index (χ3v) is 2.23. The molecule has 0 saturated heterocycles. The minimum atomic E-state index is -0.758. The maximum absolute atomic E-state index is 12.8. The predicted molar refractivity (Wildman–Crippen MR) is 59.1 cm³/mol. The van der Waals surface area contributed by atoms with Crippen LogP contribution in [-0.2, 0) is 4.79 Å². The molecule has 0 amide bonds. The molecule has 0 spiro atoms. The number of carbonyl (C=O) groups excluding carboxylic acids is 1. The Hall–Kier alpha value is -1.96. The van der Waals surface area contributed by atoms with Crippen molar-refractivity contribution in [3.05, 3.63) is 53.9 Å². The second kappa shape index (κ2) is 4.05. The molecule has 2 aromatic rings. The minimum Gasteiger partial charge on any atom is -0.295 e. The molecule has 0 N–H and O–H groups in total. The van der Waals surface area contributed by atoms with Gasteiger partial charge in [-0.1, -0.05) is 42.5 Å². The Morgan fingerprint density at radius 1 is 1.07 bits per heavy atom. The Kier molecular flexibility index (Phi) is 2.59. The first kappa shape index (κ1) is 9.59. The predicted octanol–water partition coefficient (Wildman–Crippen LogP) is 3.35. The standard InChI is InChI=1S/C13H9FO/c14-12(9-15)8-11-6-3-5-10-4-1-2-7-13(10)11/h1-9H. The fourth-order valence-corrected chi connectivity index (χ4v) is 1.56. The Morgan fingerprint density at radius 3 is 2.60 bits per heavy atom. The molecule has 0 aliphatic rings. The number of halogens is 1. The van der Waals surface area contributed by atoms with Crippen LogP contribution in [0, 0.1) is 0 Å². The second-order valence-electron chi connectivity index (χ2n) is 3.22. The zero-order valence-corrected chi connectivity index (χ0v) is 7.98. The van der Waals surface area contributed by atoms with Gasteiger partial charge in [0.05, 0.1) is 0 Å². The Balaban J connectivity index is 2.66. The summed E-state index contributed by atoms with van der Waals surface area (Å²) in [6.07, 6.45) is 1.46. The van der Waals surface area contributed by atoms with Crippen molar-refractivity contribution in [2.45, 2.75) is 0 Å². The first-order valence-corrected chi connectivity index (χ1v) is 4.61. The van der Waals surface area contributed by atoms with Gasteiger partial charge in [0.2, 0.25) is 0 Å². The molecule has 0 aliphatic heterocycles. The number of aldehydes is 1. The van der Waals surface area contributed by atoms with E-state index >= 15 is 0 Å². The van der Waals surface area contributed by atoms with E-state index in [0.717, 1.165) is 16.3 Å². The number of fused-ring (bicyclic) bond motifs is 1. The average Bonchev–Trinajstić information content (AvgIpc) is 2.29. The highest BCUT2D eigenvalue weighted by Gasteiger charge is 1.98. The van der Waals surface area contributed by atoms with Crippen LogP contribution < -0.4 is 0 Å². The zero-order valence-electron chi connectivity index (χ0n) is 7.98. The summed E-state index contributed by atoms with van der Waals surface area (Å²) in [5.74, 6) is -0.758. The Morgan fingerprint density at radius 2 is 1.80 bits per heavy atom. The van der Waals surface area contributed by atoms with Crippen LogP contribution in [0.25, 0.3) is 16.8 Å². The maximum atomic E-state index is 12.8. The maximum Gasteiger partial charge on any atom is 0.178 e. The van der Waals surface area contributed by atoms with Crippen molar-refractivity contribution in [2.75, 3.05) is 0 Å². The topological polar surface area (TPSA) is 17.1 Å². The molecular formula is C13H9FO. The van der Waals surface area contributed by atoms with E-state index in [1.165, 1.54) is 6.08 Å². The van der Waals surface area contributed by atoms with Crippen molar-refractivity contribution in [2.24, 2.45) is 0 Å². The summed E-state index contributed by atoms with van der Waals surface area (Å²) in [7, 11) is 0. The van der Waals surface area contributed by atoms with Crippen molar-refractivity contribution in [3.63, 3.8) is 0 Å². The zero-order chi connectivity index (χ0) is 10.7. The summed E-state index contributed by atoms with van der Waals surface area (Å²) in [6.45, 7) is 0. The van der Waals surface area contributed by atoms with Gasteiger partial charge < -0.3 is 0 Å². The average molecular weight is 200 g/mol. The van der Waals surface area contributed by atoms with E-state index in [1.807, 2.05) is 36.4 Å². The number of hydrogen-bond acceptors (Lipinski definition) is 1. The number of benzene rings is 2. The molecule has 2 heteroatoms. The number of carbonyl (C=O) groups is 1. The monoisotopic (exact) mass is 200 g/mol. The third-order valence-electron chi connectivity index (χ3n) is 2.23. The summed E-state index contributed by atoms with van der Waals surface area (Å²) in [6, 6.07) is 13.2. The van der Waals surface area contributed by atoms with Crippen molar-refractivity contribution in [3.8, 4) is 0 Å². The Labute approximate surface area is 86.8 Å². The van der Waals surface area contributed by atoms with Crippen LogP contribution in [-0.4, -0.2) is 6.29 Å². The highest BCUT2D eigenvalue weighted by atomic mass is 19.1. The fraction of sp³-hybridized carbons (Fsp3) is 0. The number of rotatable bonds is 2. The van der Waals surface area contributed by atoms with Gasteiger partial charge in [0.1, 0.15) is 0 Å². The van der Waals surface area contributed by atoms with Crippen LogP contribution in [0.15, 0.2) is 48.3 Å². The lowest BCUT2D eigenvalue weighted by Gasteiger charge is -2.00. The van der Waals surface area contributed by atoms with E-state index in [9.17, 15) is 9.18 Å². The summed E-state index contributed by atoms with van der Waals surface area (Å²) >= 11 is 0. The molecule has 0 heterocycles. The lowest BCUT2D eigenvalue weighted by molar-refractivity contribution is -0.106. The van der Waals surface area contributed by atoms with Crippen LogP contribution in [0.2, 0.25) is 0 Å². The third kappa shape index (κ3) is 1.94. The molecule has 0 radical (unpaired) electrons. The van der Waals surface area contributed by atoms with Crippen LogP contribution in [0.4, 0.5) is 4.39 Å². The molecule has 0 fully saturated rings. The van der Waals surface area contributed by atoms with Crippen LogP contribution >= 0.6 is 0 Å². The quantitative estimate of drug-likeness (QED) is 0.536. The van der Waals surface area contributed by atoms with Crippen LogP contribution in [0.5, 0.6) is 0 Å². The van der Waals surface area contributed by atoms with Crippen molar-refractivity contribution in [1.29, 1.82) is 0 Å². The molecule has 2 rings (SSSR count). The lowest BCUT2D eigenvalue weighted by Crippen LogP contribution is -1.80. The van der Waals surface area contributed by atoms with Gasteiger partial charge in [-0.25, -0.2) is 4.39 Å².